The Bertz CT molecular complexity index is 331. The molecule has 0 N–H and O–H groups in total. The van der Waals surface area contributed by atoms with Crippen LogP contribution in [0.2, 0.25) is 0 Å². The minimum absolute atomic E-state index is 0.216. The third-order valence-electron chi connectivity index (χ3n) is 5.78. The maximum Gasteiger partial charge on any atom is 0.330 e. The zero-order valence-electron chi connectivity index (χ0n) is 13.9. The highest BCUT2D eigenvalue weighted by Gasteiger charge is 2.30. The van der Waals surface area contributed by atoms with Crippen LogP contribution in [-0.2, 0) is 9.53 Å². The lowest BCUT2D eigenvalue weighted by Crippen LogP contribution is -2.25. The lowest BCUT2D eigenvalue weighted by molar-refractivity contribution is -0.134. The van der Waals surface area contributed by atoms with Crippen LogP contribution in [0.25, 0.3) is 0 Å². The largest absolute Gasteiger partial charge is 0.466 e. The summed E-state index contributed by atoms with van der Waals surface area (Å²) in [5.41, 5.74) is 0. The summed E-state index contributed by atoms with van der Waals surface area (Å²) in [7, 11) is 1.44. The highest BCUT2D eigenvalue weighted by atomic mass is 16.5. The van der Waals surface area contributed by atoms with Gasteiger partial charge in [0.15, 0.2) is 0 Å². The van der Waals surface area contributed by atoms with E-state index in [1.54, 1.807) is 6.08 Å². The second-order valence-electron chi connectivity index (χ2n) is 7.13. The van der Waals surface area contributed by atoms with Gasteiger partial charge in [0, 0.05) is 6.08 Å². The quantitative estimate of drug-likeness (QED) is 0.519. The van der Waals surface area contributed by atoms with Crippen molar-refractivity contribution in [2.45, 2.75) is 71.1 Å². The Morgan fingerprint density at radius 2 is 1.57 bits per heavy atom. The van der Waals surface area contributed by atoms with Gasteiger partial charge in [-0.1, -0.05) is 38.7 Å². The van der Waals surface area contributed by atoms with E-state index >= 15 is 0 Å². The lowest BCUT2D eigenvalue weighted by atomic mass is 9.69. The Balaban J connectivity index is 1.70. The Kier molecular flexibility index (Phi) is 6.79. The van der Waals surface area contributed by atoms with Crippen LogP contribution in [0, 0.1) is 23.7 Å². The predicted molar refractivity (Wildman–Crippen MR) is 87.0 cm³/mol. The van der Waals surface area contributed by atoms with Gasteiger partial charge >= 0.3 is 5.97 Å². The Morgan fingerprint density at radius 1 is 1.00 bits per heavy atom. The molecule has 2 rings (SSSR count). The molecule has 0 atom stereocenters. The molecule has 120 valence electrons. The molecule has 2 aliphatic rings. The molecule has 0 aromatic carbocycles. The van der Waals surface area contributed by atoms with E-state index in [4.69, 9.17) is 0 Å². The van der Waals surface area contributed by atoms with Crippen molar-refractivity contribution in [2.24, 2.45) is 23.7 Å². The van der Waals surface area contributed by atoms with E-state index in [1.165, 1.54) is 71.3 Å². The molecule has 0 radical (unpaired) electrons. The molecule has 0 saturated heterocycles. The van der Waals surface area contributed by atoms with E-state index < -0.39 is 0 Å². The fraction of sp³-hybridized carbons (Fsp3) is 0.842. The SMILES string of the molecule is CCC[C@H]1CC[C@H](C2CCC(/C=C/C(=O)OC)CC2)CC1. The molecule has 0 unspecified atom stereocenters. The average molecular weight is 292 g/mol. The van der Waals surface area contributed by atoms with Gasteiger partial charge in [0.05, 0.1) is 7.11 Å². The van der Waals surface area contributed by atoms with Crippen LogP contribution in [-0.4, -0.2) is 13.1 Å². The van der Waals surface area contributed by atoms with Gasteiger partial charge in [0.1, 0.15) is 0 Å². The maximum atomic E-state index is 11.1. The van der Waals surface area contributed by atoms with Crippen molar-refractivity contribution in [1.82, 2.24) is 0 Å². The molecule has 0 amide bonds. The first kappa shape index (κ1) is 16.6. The van der Waals surface area contributed by atoms with Gasteiger partial charge in [0.2, 0.25) is 0 Å². The summed E-state index contributed by atoms with van der Waals surface area (Å²) in [6, 6.07) is 0. The molecule has 0 aliphatic heterocycles. The number of hydrogen-bond acceptors (Lipinski definition) is 2. The number of hydrogen-bond donors (Lipinski definition) is 0. The van der Waals surface area contributed by atoms with E-state index in [0.29, 0.717) is 5.92 Å². The van der Waals surface area contributed by atoms with Crippen LogP contribution < -0.4 is 0 Å². The zero-order valence-corrected chi connectivity index (χ0v) is 13.9. The van der Waals surface area contributed by atoms with Crippen molar-refractivity contribution in [1.29, 1.82) is 0 Å². The number of carbonyl (C=O) groups is 1. The highest BCUT2D eigenvalue weighted by molar-refractivity contribution is 5.81. The van der Waals surface area contributed by atoms with Crippen molar-refractivity contribution in [2.75, 3.05) is 7.11 Å². The molecule has 0 spiro atoms. The molecule has 2 fully saturated rings. The first-order valence-electron chi connectivity index (χ1n) is 8.99. The number of rotatable bonds is 5. The average Bonchev–Trinajstić information content (AvgIpc) is 2.54. The number of methoxy groups -OCH3 is 1. The lowest BCUT2D eigenvalue weighted by Gasteiger charge is -2.37. The standard InChI is InChI=1S/C19H32O2/c1-3-4-15-5-10-17(11-6-15)18-12-7-16(8-13-18)9-14-19(20)21-2/h9,14-18H,3-8,10-13H2,1-2H3/b14-9+/t15-,16?,17-,18?. The van der Waals surface area contributed by atoms with Crippen LogP contribution in [0.5, 0.6) is 0 Å². The van der Waals surface area contributed by atoms with Gasteiger partial charge in [-0.05, 0) is 62.2 Å². The van der Waals surface area contributed by atoms with E-state index in [0.717, 1.165) is 17.8 Å². The fourth-order valence-electron chi connectivity index (χ4n) is 4.45. The van der Waals surface area contributed by atoms with Crippen molar-refractivity contribution in [3.63, 3.8) is 0 Å². The Morgan fingerprint density at radius 3 is 2.10 bits per heavy atom. The van der Waals surface area contributed by atoms with Gasteiger partial charge in [-0.3, -0.25) is 0 Å². The van der Waals surface area contributed by atoms with Crippen molar-refractivity contribution < 1.29 is 9.53 Å². The van der Waals surface area contributed by atoms with Gasteiger partial charge in [-0.15, -0.1) is 0 Å². The zero-order chi connectivity index (χ0) is 15.1. The Hall–Kier alpha value is -0.790. The van der Waals surface area contributed by atoms with Crippen LogP contribution in [0.1, 0.15) is 71.1 Å². The van der Waals surface area contributed by atoms with Gasteiger partial charge in [-0.25, -0.2) is 4.79 Å². The smallest absolute Gasteiger partial charge is 0.330 e. The number of esters is 1. The third kappa shape index (κ3) is 5.16. The summed E-state index contributed by atoms with van der Waals surface area (Å²) in [4.78, 5) is 11.1. The monoisotopic (exact) mass is 292 g/mol. The topological polar surface area (TPSA) is 26.3 Å². The van der Waals surface area contributed by atoms with E-state index in [9.17, 15) is 4.79 Å². The highest BCUT2D eigenvalue weighted by Crippen LogP contribution is 2.42. The summed E-state index contributed by atoms with van der Waals surface area (Å²) in [5.74, 6) is 3.34. The maximum absolute atomic E-state index is 11.1. The molecule has 2 nitrogen and oxygen atoms in total. The molecular weight excluding hydrogens is 260 g/mol. The molecule has 2 saturated carbocycles. The molecule has 0 aromatic heterocycles. The molecule has 2 aliphatic carbocycles. The molecule has 2 heteroatoms. The van der Waals surface area contributed by atoms with Crippen molar-refractivity contribution in [3.8, 4) is 0 Å². The van der Waals surface area contributed by atoms with E-state index in [-0.39, 0.29) is 5.97 Å². The summed E-state index contributed by atoms with van der Waals surface area (Å²) >= 11 is 0. The molecule has 0 aromatic rings. The van der Waals surface area contributed by atoms with Crippen LogP contribution in [0.4, 0.5) is 0 Å². The first-order valence-corrected chi connectivity index (χ1v) is 8.99. The van der Waals surface area contributed by atoms with Gasteiger partial charge < -0.3 is 4.74 Å². The molecule has 21 heavy (non-hydrogen) atoms. The minimum atomic E-state index is -0.216. The second kappa shape index (κ2) is 8.60. The van der Waals surface area contributed by atoms with Crippen LogP contribution in [0.15, 0.2) is 12.2 Å². The van der Waals surface area contributed by atoms with Gasteiger partial charge in [0.25, 0.3) is 0 Å². The molecular formula is C19H32O2. The van der Waals surface area contributed by atoms with Crippen LogP contribution in [0.3, 0.4) is 0 Å². The number of ether oxygens (including phenoxy) is 1. The number of allylic oxidation sites excluding steroid dienone is 1. The Labute approximate surface area is 130 Å². The van der Waals surface area contributed by atoms with E-state index in [1.807, 2.05) is 0 Å². The summed E-state index contributed by atoms with van der Waals surface area (Å²) in [5, 5.41) is 0. The molecule has 0 heterocycles. The predicted octanol–water partition coefficient (Wildman–Crippen LogP) is 5.13. The summed E-state index contributed by atoms with van der Waals surface area (Å²) < 4.78 is 4.66. The van der Waals surface area contributed by atoms with Crippen molar-refractivity contribution in [3.05, 3.63) is 12.2 Å². The van der Waals surface area contributed by atoms with E-state index in [2.05, 4.69) is 17.7 Å². The summed E-state index contributed by atoms with van der Waals surface area (Å²) in [6.45, 7) is 2.31. The first-order chi connectivity index (χ1) is 10.2. The second-order valence-corrected chi connectivity index (χ2v) is 7.13. The fourth-order valence-corrected chi connectivity index (χ4v) is 4.45. The third-order valence-corrected chi connectivity index (χ3v) is 5.78. The normalized spacial score (nSPS) is 34.0. The summed E-state index contributed by atoms with van der Waals surface area (Å²) in [6.07, 6.45) is 17.6. The molecule has 0 bridgehead atoms. The number of carbonyl (C=O) groups excluding carboxylic acids is 1. The van der Waals surface area contributed by atoms with Gasteiger partial charge in [-0.2, -0.15) is 0 Å². The van der Waals surface area contributed by atoms with Crippen molar-refractivity contribution >= 4 is 5.97 Å². The van der Waals surface area contributed by atoms with Crippen LogP contribution >= 0.6 is 0 Å². The minimum Gasteiger partial charge on any atom is -0.466 e.